The third-order valence-electron chi connectivity index (χ3n) is 3.82. The minimum atomic E-state index is -0.835. The summed E-state index contributed by atoms with van der Waals surface area (Å²) in [7, 11) is 0. The summed E-state index contributed by atoms with van der Waals surface area (Å²) in [5, 5.41) is 5.33. The van der Waals surface area contributed by atoms with E-state index in [-0.39, 0.29) is 23.7 Å². The zero-order valence-corrected chi connectivity index (χ0v) is 13.4. The Morgan fingerprint density at radius 1 is 1.04 bits per heavy atom. The van der Waals surface area contributed by atoms with E-state index in [1.165, 1.54) is 6.92 Å². The second-order valence-electron chi connectivity index (χ2n) is 5.81. The minimum Gasteiger partial charge on any atom is -0.452 e. The summed E-state index contributed by atoms with van der Waals surface area (Å²) in [6, 6.07) is 6.72. The van der Waals surface area contributed by atoms with Crippen LogP contribution >= 0.6 is 0 Å². The van der Waals surface area contributed by atoms with Crippen molar-refractivity contribution >= 4 is 29.2 Å². The van der Waals surface area contributed by atoms with Crippen molar-refractivity contribution in [3.8, 4) is 0 Å². The molecule has 1 aliphatic rings. The fraction of sp³-hybridized carbons (Fsp3) is 0.471. The fourth-order valence-electron chi connectivity index (χ4n) is 2.57. The third kappa shape index (κ3) is 5.09. The molecular formula is C17H22N2O4. The molecule has 0 saturated heterocycles. The van der Waals surface area contributed by atoms with E-state index < -0.39 is 6.10 Å². The second kappa shape index (κ2) is 7.76. The lowest BCUT2D eigenvalue weighted by Gasteiger charge is -2.16. The third-order valence-corrected chi connectivity index (χ3v) is 3.82. The molecule has 1 fully saturated rings. The predicted molar refractivity (Wildman–Crippen MR) is 86.9 cm³/mol. The van der Waals surface area contributed by atoms with Gasteiger partial charge in [0, 0.05) is 18.3 Å². The Morgan fingerprint density at radius 2 is 1.57 bits per heavy atom. The summed E-state index contributed by atoms with van der Waals surface area (Å²) >= 11 is 0. The Balaban J connectivity index is 1.85. The fourth-order valence-corrected chi connectivity index (χ4v) is 2.57. The minimum absolute atomic E-state index is 0.0674. The van der Waals surface area contributed by atoms with Crippen LogP contribution in [0.2, 0.25) is 0 Å². The molecule has 0 spiro atoms. The van der Waals surface area contributed by atoms with Crippen molar-refractivity contribution in [1.29, 1.82) is 0 Å². The number of nitrogens with one attached hydrogen (secondary N) is 2. The van der Waals surface area contributed by atoms with Gasteiger partial charge in [0.05, 0.1) is 5.92 Å². The lowest BCUT2D eigenvalue weighted by Crippen LogP contribution is -2.31. The van der Waals surface area contributed by atoms with E-state index in [4.69, 9.17) is 4.74 Å². The van der Waals surface area contributed by atoms with Gasteiger partial charge >= 0.3 is 5.97 Å². The Hall–Kier alpha value is -2.37. The number of carbonyl (C=O) groups excluding carboxylic acids is 3. The number of ether oxygens (including phenoxy) is 1. The predicted octanol–water partition coefficient (Wildman–Crippen LogP) is 2.71. The van der Waals surface area contributed by atoms with Crippen molar-refractivity contribution in [1.82, 2.24) is 0 Å². The van der Waals surface area contributed by atoms with Crippen LogP contribution in [0.5, 0.6) is 0 Å². The average molecular weight is 318 g/mol. The Labute approximate surface area is 135 Å². The largest absolute Gasteiger partial charge is 0.452 e. The van der Waals surface area contributed by atoms with Crippen LogP contribution in [-0.2, 0) is 19.1 Å². The number of hydrogen-bond donors (Lipinski definition) is 2. The highest BCUT2D eigenvalue weighted by molar-refractivity contribution is 5.95. The van der Waals surface area contributed by atoms with Gasteiger partial charge in [-0.2, -0.15) is 0 Å². The zero-order valence-electron chi connectivity index (χ0n) is 13.4. The van der Waals surface area contributed by atoms with E-state index in [1.54, 1.807) is 31.2 Å². The van der Waals surface area contributed by atoms with Gasteiger partial charge in [-0.25, -0.2) is 0 Å². The SMILES string of the molecule is CC(=O)Nc1ccc(NC(=O)[C@@H](C)OC(=O)C2CCCC2)cc1. The van der Waals surface area contributed by atoms with Crippen molar-refractivity contribution in [2.75, 3.05) is 10.6 Å². The molecule has 1 aromatic carbocycles. The molecule has 1 atom stereocenters. The number of benzene rings is 1. The first-order chi connectivity index (χ1) is 11.0. The number of carbonyl (C=O) groups is 3. The molecule has 0 aromatic heterocycles. The lowest BCUT2D eigenvalue weighted by molar-refractivity contribution is -0.157. The molecule has 2 rings (SSSR count). The first kappa shape index (κ1) is 17.0. The monoisotopic (exact) mass is 318 g/mol. The number of rotatable bonds is 5. The van der Waals surface area contributed by atoms with Crippen molar-refractivity contribution in [2.24, 2.45) is 5.92 Å². The topological polar surface area (TPSA) is 84.5 Å². The van der Waals surface area contributed by atoms with Crippen LogP contribution in [0.1, 0.15) is 39.5 Å². The van der Waals surface area contributed by atoms with Gasteiger partial charge in [-0.05, 0) is 44.0 Å². The maximum absolute atomic E-state index is 12.1. The standard InChI is InChI=1S/C17H22N2O4/c1-11(23-17(22)13-5-3-4-6-13)16(21)19-15-9-7-14(8-10-15)18-12(2)20/h7-11,13H,3-6H2,1-2H3,(H,18,20)(H,19,21)/t11-/m1/s1. The van der Waals surface area contributed by atoms with Crippen LogP contribution in [0.25, 0.3) is 0 Å². The Morgan fingerprint density at radius 3 is 2.09 bits per heavy atom. The van der Waals surface area contributed by atoms with Gasteiger partial charge in [0.25, 0.3) is 5.91 Å². The quantitative estimate of drug-likeness (QED) is 0.818. The number of esters is 1. The molecule has 6 nitrogen and oxygen atoms in total. The number of anilines is 2. The lowest BCUT2D eigenvalue weighted by atomic mass is 10.1. The highest BCUT2D eigenvalue weighted by Crippen LogP contribution is 2.26. The van der Waals surface area contributed by atoms with E-state index in [9.17, 15) is 14.4 Å². The molecule has 0 heterocycles. The molecule has 0 radical (unpaired) electrons. The van der Waals surface area contributed by atoms with Crippen LogP contribution < -0.4 is 10.6 Å². The van der Waals surface area contributed by atoms with Crippen LogP contribution in [0, 0.1) is 5.92 Å². The van der Waals surface area contributed by atoms with Gasteiger partial charge in [0.15, 0.2) is 6.10 Å². The van der Waals surface area contributed by atoms with Crippen molar-refractivity contribution in [2.45, 2.75) is 45.6 Å². The number of hydrogen-bond acceptors (Lipinski definition) is 4. The average Bonchev–Trinajstić information content (AvgIpc) is 3.03. The van der Waals surface area contributed by atoms with Crippen molar-refractivity contribution < 1.29 is 19.1 Å². The maximum atomic E-state index is 12.1. The van der Waals surface area contributed by atoms with Gasteiger partial charge in [-0.15, -0.1) is 0 Å². The molecule has 0 unspecified atom stereocenters. The second-order valence-corrected chi connectivity index (χ2v) is 5.81. The van der Waals surface area contributed by atoms with Crippen LogP contribution in [-0.4, -0.2) is 23.9 Å². The number of amides is 2. The highest BCUT2D eigenvalue weighted by atomic mass is 16.5. The summed E-state index contributed by atoms with van der Waals surface area (Å²) in [5.74, 6) is -0.883. The van der Waals surface area contributed by atoms with Gasteiger partial charge in [0.1, 0.15) is 0 Å². The first-order valence-corrected chi connectivity index (χ1v) is 7.84. The smallest absolute Gasteiger partial charge is 0.309 e. The van der Waals surface area contributed by atoms with E-state index in [0.29, 0.717) is 11.4 Å². The summed E-state index contributed by atoms with van der Waals surface area (Å²) in [6.45, 7) is 2.99. The molecule has 2 N–H and O–H groups in total. The Bertz CT molecular complexity index is 577. The van der Waals surface area contributed by atoms with Gasteiger partial charge in [0.2, 0.25) is 5.91 Å². The van der Waals surface area contributed by atoms with Gasteiger partial charge in [-0.1, -0.05) is 12.8 Å². The van der Waals surface area contributed by atoms with E-state index in [1.807, 2.05) is 0 Å². The summed E-state index contributed by atoms with van der Waals surface area (Å²) < 4.78 is 5.24. The summed E-state index contributed by atoms with van der Waals surface area (Å²) in [6.07, 6.45) is 2.94. The molecule has 6 heteroatoms. The molecule has 23 heavy (non-hydrogen) atoms. The molecule has 1 aromatic rings. The summed E-state index contributed by atoms with van der Waals surface area (Å²) in [5.41, 5.74) is 1.23. The molecule has 1 saturated carbocycles. The van der Waals surface area contributed by atoms with Crippen LogP contribution in [0.4, 0.5) is 11.4 Å². The summed E-state index contributed by atoms with van der Waals surface area (Å²) in [4.78, 5) is 34.9. The molecule has 0 aliphatic heterocycles. The first-order valence-electron chi connectivity index (χ1n) is 7.84. The van der Waals surface area contributed by atoms with Gasteiger partial charge in [-0.3, -0.25) is 14.4 Å². The highest BCUT2D eigenvalue weighted by Gasteiger charge is 2.27. The van der Waals surface area contributed by atoms with Crippen LogP contribution in [0.15, 0.2) is 24.3 Å². The molecule has 124 valence electrons. The van der Waals surface area contributed by atoms with E-state index >= 15 is 0 Å². The normalized spacial score (nSPS) is 15.7. The van der Waals surface area contributed by atoms with Crippen LogP contribution in [0.3, 0.4) is 0 Å². The molecule has 1 aliphatic carbocycles. The van der Waals surface area contributed by atoms with Crippen molar-refractivity contribution in [3.05, 3.63) is 24.3 Å². The molecule has 2 amide bonds. The van der Waals surface area contributed by atoms with E-state index in [0.717, 1.165) is 25.7 Å². The zero-order chi connectivity index (χ0) is 16.8. The van der Waals surface area contributed by atoms with E-state index in [2.05, 4.69) is 10.6 Å². The Kier molecular flexibility index (Phi) is 5.73. The van der Waals surface area contributed by atoms with Gasteiger partial charge < -0.3 is 15.4 Å². The molecule has 0 bridgehead atoms. The maximum Gasteiger partial charge on any atom is 0.309 e. The molecular weight excluding hydrogens is 296 g/mol. The van der Waals surface area contributed by atoms with Crippen molar-refractivity contribution in [3.63, 3.8) is 0 Å².